The standard InChI is InChI=1S/C14H9N3S2/c1-3-7-11-9(5-1)15-13(18-11)17-14-16-10-6-2-4-8-12(10)19-14/h1-8H,(H,15,16,17). The van der Waals surface area contributed by atoms with Crippen LogP contribution in [0.5, 0.6) is 0 Å². The molecular formula is C14H9N3S2. The molecule has 0 radical (unpaired) electrons. The third-order valence-electron chi connectivity index (χ3n) is 2.82. The van der Waals surface area contributed by atoms with Crippen molar-refractivity contribution in [3.63, 3.8) is 0 Å². The van der Waals surface area contributed by atoms with E-state index in [-0.39, 0.29) is 0 Å². The number of hydrogen-bond donors (Lipinski definition) is 1. The molecule has 0 spiro atoms. The molecule has 0 atom stereocenters. The monoisotopic (exact) mass is 283 g/mol. The minimum Gasteiger partial charge on any atom is -0.330 e. The van der Waals surface area contributed by atoms with Crippen molar-refractivity contribution in [3.05, 3.63) is 53.3 Å². The second-order valence-corrected chi connectivity index (χ2v) is 6.14. The van der Waals surface area contributed by atoms with Crippen LogP contribution < -0.4 is 4.80 Å². The van der Waals surface area contributed by atoms with E-state index in [4.69, 9.17) is 0 Å². The lowest BCUT2D eigenvalue weighted by Gasteiger charge is -1.81. The minimum absolute atomic E-state index is 0.795. The van der Waals surface area contributed by atoms with Gasteiger partial charge in [-0.2, -0.15) is 4.99 Å². The van der Waals surface area contributed by atoms with E-state index in [1.807, 2.05) is 30.3 Å². The first-order valence-electron chi connectivity index (χ1n) is 5.87. The van der Waals surface area contributed by atoms with Crippen LogP contribution in [-0.4, -0.2) is 9.97 Å². The van der Waals surface area contributed by atoms with Gasteiger partial charge in [0.2, 0.25) is 5.13 Å². The van der Waals surface area contributed by atoms with Crippen LogP contribution in [0.2, 0.25) is 0 Å². The van der Waals surface area contributed by atoms with E-state index in [1.165, 1.54) is 9.40 Å². The molecule has 0 aliphatic heterocycles. The van der Waals surface area contributed by atoms with Crippen molar-refractivity contribution >= 4 is 48.2 Å². The largest absolute Gasteiger partial charge is 0.330 e. The smallest absolute Gasteiger partial charge is 0.212 e. The van der Waals surface area contributed by atoms with Crippen LogP contribution in [0.15, 0.2) is 53.5 Å². The summed E-state index contributed by atoms with van der Waals surface area (Å²) in [4.78, 5) is 13.3. The number of nitrogens with one attached hydrogen (secondary N) is 1. The molecule has 4 aromatic rings. The number of nitrogens with zero attached hydrogens (tertiary/aromatic N) is 2. The lowest BCUT2D eigenvalue weighted by atomic mass is 10.3. The number of aromatic amines is 1. The Bertz CT molecular complexity index is 861. The van der Waals surface area contributed by atoms with Gasteiger partial charge < -0.3 is 4.98 Å². The highest BCUT2D eigenvalue weighted by atomic mass is 32.1. The van der Waals surface area contributed by atoms with Crippen LogP contribution >= 0.6 is 22.7 Å². The SMILES string of the molecule is c1ccc2sc(N=c3[nH]c4ccccc4s3)nc2c1. The van der Waals surface area contributed by atoms with Gasteiger partial charge >= 0.3 is 0 Å². The van der Waals surface area contributed by atoms with Crippen molar-refractivity contribution in [2.24, 2.45) is 4.99 Å². The molecule has 0 aliphatic rings. The zero-order valence-electron chi connectivity index (χ0n) is 9.83. The van der Waals surface area contributed by atoms with Crippen molar-refractivity contribution in [1.29, 1.82) is 0 Å². The third kappa shape index (κ3) is 1.97. The molecule has 0 bridgehead atoms. The topological polar surface area (TPSA) is 41.0 Å². The predicted octanol–water partition coefficient (Wildman–Crippen LogP) is 4.07. The van der Waals surface area contributed by atoms with Gasteiger partial charge in [-0.1, -0.05) is 46.9 Å². The van der Waals surface area contributed by atoms with E-state index in [2.05, 4.69) is 33.2 Å². The lowest BCUT2D eigenvalue weighted by Crippen LogP contribution is -1.94. The minimum atomic E-state index is 0.795. The molecule has 0 fully saturated rings. The number of benzene rings is 2. The third-order valence-corrected chi connectivity index (χ3v) is 4.71. The van der Waals surface area contributed by atoms with Gasteiger partial charge in [0.1, 0.15) is 0 Å². The normalized spacial score (nSPS) is 12.5. The predicted molar refractivity (Wildman–Crippen MR) is 81.0 cm³/mol. The molecule has 0 saturated heterocycles. The molecule has 4 rings (SSSR count). The molecule has 5 heteroatoms. The van der Waals surface area contributed by atoms with Crippen LogP contribution in [0.1, 0.15) is 0 Å². The van der Waals surface area contributed by atoms with Crippen molar-refractivity contribution in [2.45, 2.75) is 0 Å². The summed E-state index contributed by atoms with van der Waals surface area (Å²) in [5, 5.41) is 0.795. The highest BCUT2D eigenvalue weighted by Gasteiger charge is 2.02. The second kappa shape index (κ2) is 4.29. The van der Waals surface area contributed by atoms with Crippen molar-refractivity contribution in [3.8, 4) is 0 Å². The fourth-order valence-electron chi connectivity index (χ4n) is 1.95. The number of fused-ring (bicyclic) bond motifs is 2. The Morgan fingerprint density at radius 2 is 1.68 bits per heavy atom. The van der Waals surface area contributed by atoms with Gasteiger partial charge in [0, 0.05) is 0 Å². The first kappa shape index (κ1) is 10.9. The van der Waals surface area contributed by atoms with Gasteiger partial charge in [-0.15, -0.1) is 0 Å². The zero-order chi connectivity index (χ0) is 12.7. The van der Waals surface area contributed by atoms with Crippen LogP contribution in [0.4, 0.5) is 5.13 Å². The Morgan fingerprint density at radius 3 is 2.53 bits per heavy atom. The highest BCUT2D eigenvalue weighted by molar-refractivity contribution is 7.22. The Morgan fingerprint density at radius 1 is 0.895 bits per heavy atom. The molecule has 2 aromatic carbocycles. The van der Waals surface area contributed by atoms with E-state index in [1.54, 1.807) is 22.7 Å². The molecule has 2 aromatic heterocycles. The van der Waals surface area contributed by atoms with E-state index in [0.717, 1.165) is 21.0 Å². The van der Waals surface area contributed by atoms with Gasteiger partial charge in [0.05, 0.1) is 20.4 Å². The lowest BCUT2D eigenvalue weighted by molar-refractivity contribution is 1.25. The Labute approximate surface area is 116 Å². The van der Waals surface area contributed by atoms with Crippen molar-refractivity contribution < 1.29 is 0 Å². The number of H-pyrrole nitrogens is 1. The number of aromatic nitrogens is 2. The fraction of sp³-hybridized carbons (Fsp3) is 0. The van der Waals surface area contributed by atoms with Gasteiger partial charge in [0.15, 0.2) is 4.80 Å². The van der Waals surface area contributed by atoms with Crippen LogP contribution in [0.3, 0.4) is 0 Å². The molecule has 0 saturated carbocycles. The Hall–Kier alpha value is -1.98. The van der Waals surface area contributed by atoms with Crippen LogP contribution in [0.25, 0.3) is 20.4 Å². The first-order valence-corrected chi connectivity index (χ1v) is 7.50. The van der Waals surface area contributed by atoms with Gasteiger partial charge in [-0.05, 0) is 24.3 Å². The number of rotatable bonds is 1. The summed E-state index contributed by atoms with van der Waals surface area (Å²) < 4.78 is 2.38. The molecule has 0 amide bonds. The quantitative estimate of drug-likeness (QED) is 0.562. The maximum atomic E-state index is 4.59. The molecule has 2 heterocycles. The zero-order valence-corrected chi connectivity index (χ0v) is 11.5. The number of para-hydroxylation sites is 2. The summed E-state index contributed by atoms with van der Waals surface area (Å²) in [6, 6.07) is 16.3. The van der Waals surface area contributed by atoms with E-state index in [0.29, 0.717) is 0 Å². The summed E-state index contributed by atoms with van der Waals surface area (Å²) in [6.45, 7) is 0. The van der Waals surface area contributed by atoms with Crippen LogP contribution in [-0.2, 0) is 0 Å². The summed E-state index contributed by atoms with van der Waals surface area (Å²) in [5.74, 6) is 0. The van der Waals surface area contributed by atoms with E-state index in [9.17, 15) is 0 Å². The summed E-state index contributed by atoms with van der Waals surface area (Å²) in [5.41, 5.74) is 2.12. The van der Waals surface area contributed by atoms with E-state index < -0.39 is 0 Å². The Kier molecular flexibility index (Phi) is 2.46. The molecule has 1 N–H and O–H groups in total. The van der Waals surface area contributed by atoms with Crippen molar-refractivity contribution in [1.82, 2.24) is 9.97 Å². The first-order chi connectivity index (χ1) is 9.38. The maximum Gasteiger partial charge on any atom is 0.212 e. The van der Waals surface area contributed by atoms with Gasteiger partial charge in [-0.25, -0.2) is 4.98 Å². The summed E-state index contributed by atoms with van der Waals surface area (Å²) in [7, 11) is 0. The average molecular weight is 283 g/mol. The van der Waals surface area contributed by atoms with E-state index >= 15 is 0 Å². The molecule has 0 aliphatic carbocycles. The average Bonchev–Trinajstić information content (AvgIpc) is 3.00. The molecule has 92 valence electrons. The molecule has 19 heavy (non-hydrogen) atoms. The number of hydrogen-bond acceptors (Lipinski definition) is 4. The number of thiazole rings is 2. The van der Waals surface area contributed by atoms with Gasteiger partial charge in [0.25, 0.3) is 0 Å². The summed E-state index contributed by atoms with van der Waals surface area (Å²) >= 11 is 3.26. The van der Waals surface area contributed by atoms with Crippen LogP contribution in [0, 0.1) is 0 Å². The fourth-order valence-corrected chi connectivity index (χ4v) is 3.73. The molecular weight excluding hydrogens is 274 g/mol. The maximum absolute atomic E-state index is 4.59. The summed E-state index contributed by atoms with van der Waals surface area (Å²) in [6.07, 6.45) is 0. The molecule has 0 unspecified atom stereocenters. The van der Waals surface area contributed by atoms with Crippen molar-refractivity contribution in [2.75, 3.05) is 0 Å². The van der Waals surface area contributed by atoms with Gasteiger partial charge in [-0.3, -0.25) is 0 Å². The molecule has 3 nitrogen and oxygen atoms in total. The second-order valence-electron chi connectivity index (χ2n) is 4.10. The highest BCUT2D eigenvalue weighted by Crippen LogP contribution is 2.27. The Balaban J connectivity index is 1.89.